The Bertz CT molecular complexity index is 421. The molecule has 20 heavy (non-hydrogen) atoms. The van der Waals surface area contributed by atoms with Gasteiger partial charge in [-0.2, -0.15) is 0 Å². The third kappa shape index (κ3) is 4.07. The Balaban J connectivity index is 1.69. The number of carbonyl (C=O) groups excluding carboxylic acids is 1. The molecule has 1 aliphatic heterocycles. The van der Waals surface area contributed by atoms with Crippen LogP contribution in [0.25, 0.3) is 0 Å². The van der Waals surface area contributed by atoms with Gasteiger partial charge in [-0.05, 0) is 13.3 Å². The van der Waals surface area contributed by atoms with Crippen molar-refractivity contribution in [2.24, 2.45) is 0 Å². The molecule has 1 amide bonds. The third-order valence-electron chi connectivity index (χ3n) is 4.05. The molecule has 1 saturated heterocycles. The first-order valence-electron chi connectivity index (χ1n) is 7.68. The van der Waals surface area contributed by atoms with Gasteiger partial charge in [0.1, 0.15) is 5.82 Å². The van der Waals surface area contributed by atoms with Crippen LogP contribution in [0.15, 0.2) is 12.4 Å². The van der Waals surface area contributed by atoms with E-state index >= 15 is 0 Å². The highest BCUT2D eigenvalue weighted by Gasteiger charge is 2.20. The highest BCUT2D eigenvalue weighted by molar-refractivity contribution is 5.76. The molecular formula is C15H26N4O. The summed E-state index contributed by atoms with van der Waals surface area (Å²) in [5.74, 6) is 1.40. The Morgan fingerprint density at radius 1 is 1.25 bits per heavy atom. The fourth-order valence-electron chi connectivity index (χ4n) is 2.60. The lowest BCUT2D eigenvalue weighted by Crippen LogP contribution is -2.49. The maximum Gasteiger partial charge on any atom is 0.222 e. The molecule has 5 heteroatoms. The second kappa shape index (κ2) is 7.43. The average molecular weight is 278 g/mol. The lowest BCUT2D eigenvalue weighted by Gasteiger charge is -2.34. The molecule has 2 heterocycles. The summed E-state index contributed by atoms with van der Waals surface area (Å²) in [7, 11) is 0. The number of carbonyl (C=O) groups is 1. The average Bonchev–Trinajstić information content (AvgIpc) is 2.88. The van der Waals surface area contributed by atoms with Gasteiger partial charge in [-0.3, -0.25) is 9.69 Å². The van der Waals surface area contributed by atoms with Crippen LogP contribution in [0.5, 0.6) is 0 Å². The van der Waals surface area contributed by atoms with E-state index in [9.17, 15) is 4.79 Å². The quantitative estimate of drug-likeness (QED) is 0.792. The minimum Gasteiger partial charge on any atom is -0.340 e. The second-order valence-electron chi connectivity index (χ2n) is 5.49. The molecular weight excluding hydrogens is 252 g/mol. The molecule has 2 rings (SSSR count). The van der Waals surface area contributed by atoms with E-state index in [4.69, 9.17) is 0 Å². The molecule has 1 aromatic rings. The minimum atomic E-state index is 0.331. The van der Waals surface area contributed by atoms with Crippen molar-refractivity contribution in [1.29, 1.82) is 0 Å². The molecule has 1 aliphatic rings. The topological polar surface area (TPSA) is 41.4 Å². The molecule has 0 unspecified atom stereocenters. The number of hydrogen-bond acceptors (Lipinski definition) is 3. The fraction of sp³-hybridized carbons (Fsp3) is 0.733. The first-order chi connectivity index (χ1) is 9.70. The highest BCUT2D eigenvalue weighted by atomic mass is 16.2. The van der Waals surface area contributed by atoms with Gasteiger partial charge in [0.2, 0.25) is 5.91 Å². The summed E-state index contributed by atoms with van der Waals surface area (Å²) >= 11 is 0. The summed E-state index contributed by atoms with van der Waals surface area (Å²) in [6.45, 7) is 9.92. The van der Waals surface area contributed by atoms with E-state index in [1.807, 2.05) is 24.2 Å². The van der Waals surface area contributed by atoms with Crippen LogP contribution in [0.2, 0.25) is 0 Å². The SMILES string of the molecule is CCCCC(=O)N1CCN(CCn2ccnc2C)CC1. The zero-order valence-corrected chi connectivity index (χ0v) is 12.7. The Hall–Kier alpha value is -1.36. The van der Waals surface area contributed by atoms with Gasteiger partial charge in [0.25, 0.3) is 0 Å². The first-order valence-corrected chi connectivity index (χ1v) is 7.68. The molecule has 0 saturated carbocycles. The molecule has 1 fully saturated rings. The molecule has 0 aromatic carbocycles. The van der Waals surface area contributed by atoms with Crippen molar-refractivity contribution in [3.8, 4) is 0 Å². The van der Waals surface area contributed by atoms with E-state index in [-0.39, 0.29) is 0 Å². The van der Waals surface area contributed by atoms with Gasteiger partial charge in [-0.1, -0.05) is 13.3 Å². The van der Waals surface area contributed by atoms with Crippen LogP contribution in [-0.2, 0) is 11.3 Å². The smallest absolute Gasteiger partial charge is 0.222 e. The number of aryl methyl sites for hydroxylation is 1. The number of imidazole rings is 1. The number of hydrogen-bond donors (Lipinski definition) is 0. The maximum atomic E-state index is 11.9. The van der Waals surface area contributed by atoms with Crippen molar-refractivity contribution in [2.45, 2.75) is 39.7 Å². The van der Waals surface area contributed by atoms with Crippen molar-refractivity contribution >= 4 is 5.91 Å². The zero-order valence-electron chi connectivity index (χ0n) is 12.7. The van der Waals surface area contributed by atoms with Crippen molar-refractivity contribution in [1.82, 2.24) is 19.4 Å². The Labute approximate surface area is 121 Å². The van der Waals surface area contributed by atoms with Crippen LogP contribution in [0.4, 0.5) is 0 Å². The van der Waals surface area contributed by atoms with Crippen LogP contribution in [0.3, 0.4) is 0 Å². The monoisotopic (exact) mass is 278 g/mol. The second-order valence-corrected chi connectivity index (χ2v) is 5.49. The minimum absolute atomic E-state index is 0.331. The van der Waals surface area contributed by atoms with Gasteiger partial charge in [0.05, 0.1) is 0 Å². The van der Waals surface area contributed by atoms with E-state index in [0.717, 1.165) is 57.9 Å². The standard InChI is InChI=1S/C15H26N4O/c1-3-4-5-15(20)19-12-9-17(10-13-19)8-11-18-7-6-16-14(18)2/h6-7H,3-5,8-13H2,1-2H3. The van der Waals surface area contributed by atoms with Gasteiger partial charge in [-0.25, -0.2) is 4.98 Å². The van der Waals surface area contributed by atoms with Crippen LogP contribution in [-0.4, -0.2) is 58.0 Å². The summed E-state index contributed by atoms with van der Waals surface area (Å²) in [4.78, 5) is 20.6. The lowest BCUT2D eigenvalue weighted by atomic mass is 10.2. The molecule has 5 nitrogen and oxygen atoms in total. The summed E-state index contributed by atoms with van der Waals surface area (Å²) in [6.07, 6.45) is 6.69. The number of amides is 1. The van der Waals surface area contributed by atoms with E-state index in [1.165, 1.54) is 0 Å². The lowest BCUT2D eigenvalue weighted by molar-refractivity contribution is -0.133. The van der Waals surface area contributed by atoms with E-state index < -0.39 is 0 Å². The number of rotatable bonds is 6. The molecule has 0 bridgehead atoms. The van der Waals surface area contributed by atoms with Crippen molar-refractivity contribution in [2.75, 3.05) is 32.7 Å². The summed E-state index contributed by atoms with van der Waals surface area (Å²) in [6, 6.07) is 0. The van der Waals surface area contributed by atoms with Crippen molar-refractivity contribution < 1.29 is 4.79 Å². The summed E-state index contributed by atoms with van der Waals surface area (Å²) in [5.41, 5.74) is 0. The normalized spacial score (nSPS) is 16.6. The third-order valence-corrected chi connectivity index (χ3v) is 4.05. The van der Waals surface area contributed by atoms with Crippen LogP contribution in [0, 0.1) is 6.92 Å². The van der Waals surface area contributed by atoms with E-state index in [1.54, 1.807) is 0 Å². The Kier molecular flexibility index (Phi) is 5.59. The Morgan fingerprint density at radius 3 is 2.60 bits per heavy atom. The molecule has 0 radical (unpaired) electrons. The van der Waals surface area contributed by atoms with Crippen LogP contribution in [0.1, 0.15) is 32.0 Å². The van der Waals surface area contributed by atoms with Gasteiger partial charge >= 0.3 is 0 Å². The number of piperazine rings is 1. The molecule has 112 valence electrons. The van der Waals surface area contributed by atoms with Crippen LogP contribution < -0.4 is 0 Å². The summed E-state index contributed by atoms with van der Waals surface area (Å²) < 4.78 is 2.18. The van der Waals surface area contributed by atoms with Crippen molar-refractivity contribution in [3.63, 3.8) is 0 Å². The summed E-state index contributed by atoms with van der Waals surface area (Å²) in [5, 5.41) is 0. The fourth-order valence-corrected chi connectivity index (χ4v) is 2.60. The highest BCUT2D eigenvalue weighted by Crippen LogP contribution is 2.07. The van der Waals surface area contributed by atoms with Gasteiger partial charge in [0.15, 0.2) is 0 Å². The molecule has 1 aromatic heterocycles. The molecule has 0 spiro atoms. The predicted molar refractivity (Wildman–Crippen MR) is 79.5 cm³/mol. The van der Waals surface area contributed by atoms with Gasteiger partial charge in [-0.15, -0.1) is 0 Å². The first kappa shape index (κ1) is 15.0. The van der Waals surface area contributed by atoms with Crippen LogP contribution >= 0.6 is 0 Å². The zero-order chi connectivity index (χ0) is 14.4. The molecule has 0 aliphatic carbocycles. The van der Waals surface area contributed by atoms with Crippen molar-refractivity contribution in [3.05, 3.63) is 18.2 Å². The van der Waals surface area contributed by atoms with E-state index in [2.05, 4.69) is 21.4 Å². The van der Waals surface area contributed by atoms with Gasteiger partial charge in [0, 0.05) is 58.1 Å². The molecule has 0 atom stereocenters. The number of nitrogens with zero attached hydrogens (tertiary/aromatic N) is 4. The van der Waals surface area contributed by atoms with E-state index in [0.29, 0.717) is 12.3 Å². The van der Waals surface area contributed by atoms with Gasteiger partial charge < -0.3 is 9.47 Å². The number of unbranched alkanes of at least 4 members (excludes halogenated alkanes) is 1. The predicted octanol–water partition coefficient (Wildman–Crippen LogP) is 1.53. The Morgan fingerprint density at radius 2 is 2.00 bits per heavy atom. The molecule has 0 N–H and O–H groups in total. The maximum absolute atomic E-state index is 11.9. The largest absolute Gasteiger partial charge is 0.340 e. The number of aromatic nitrogens is 2.